The predicted octanol–water partition coefficient (Wildman–Crippen LogP) is 0.219. The molecule has 0 fully saturated rings. The van der Waals surface area contributed by atoms with E-state index in [4.69, 9.17) is 35.6 Å². The van der Waals surface area contributed by atoms with Gasteiger partial charge in [0, 0.05) is 12.2 Å². The summed E-state index contributed by atoms with van der Waals surface area (Å²) in [5, 5.41) is 33.8. The lowest BCUT2D eigenvalue weighted by molar-refractivity contribution is -0.170. The minimum absolute atomic E-state index is 0.238. The van der Waals surface area contributed by atoms with Crippen LogP contribution in [0.4, 0.5) is 0 Å². The van der Waals surface area contributed by atoms with Gasteiger partial charge < -0.3 is 40.5 Å². The second kappa shape index (κ2) is 15.5. The van der Waals surface area contributed by atoms with E-state index < -0.39 is 60.1 Å². The normalized spacial score (nSPS) is 17.0. The van der Waals surface area contributed by atoms with E-state index in [2.05, 4.69) is 18.7 Å². The first-order chi connectivity index (χ1) is 16.7. The van der Waals surface area contributed by atoms with Crippen molar-refractivity contribution in [2.24, 2.45) is 17.6 Å². The molecule has 0 aliphatic heterocycles. The maximum absolute atomic E-state index is 12.3. The summed E-state index contributed by atoms with van der Waals surface area (Å²) >= 11 is 0. The van der Waals surface area contributed by atoms with Gasteiger partial charge in [0.25, 0.3) is 0 Å². The zero-order valence-electron chi connectivity index (χ0n) is 20.9. The molecule has 0 aromatic rings. The highest BCUT2D eigenvalue weighted by atomic mass is 16.5. The van der Waals surface area contributed by atoms with Crippen molar-refractivity contribution in [2.45, 2.75) is 52.2 Å². The molecule has 36 heavy (non-hydrogen) atoms. The second-order valence-electron chi connectivity index (χ2n) is 8.24. The molecular formula is C23H36N2O11. The third-order valence-electron chi connectivity index (χ3n) is 4.98. The van der Waals surface area contributed by atoms with Crippen molar-refractivity contribution in [2.75, 3.05) is 26.2 Å². The number of hydrogen-bond acceptors (Lipinski definition) is 10. The zero-order valence-corrected chi connectivity index (χ0v) is 20.9. The van der Waals surface area contributed by atoms with E-state index in [1.165, 1.54) is 0 Å². The number of likely N-dealkylation sites (N-methyl/N-ethyl adjacent to an activating group) is 1. The molecule has 0 spiro atoms. The van der Waals surface area contributed by atoms with Gasteiger partial charge in [0.15, 0.2) is 5.60 Å². The van der Waals surface area contributed by atoms with E-state index in [0.717, 1.165) is 13.1 Å². The van der Waals surface area contributed by atoms with Crippen LogP contribution < -0.4 is 5.73 Å². The number of nitrogens with two attached hydrogens (primary N) is 1. The Hall–Kier alpha value is -3.45. The summed E-state index contributed by atoms with van der Waals surface area (Å²) in [6.07, 6.45) is 2.26. The molecule has 0 heterocycles. The number of hydrogen-bond donors (Lipinski definition) is 5. The fourth-order valence-electron chi connectivity index (χ4n) is 3.08. The van der Waals surface area contributed by atoms with Crippen LogP contribution in [0.3, 0.4) is 0 Å². The Bertz CT molecular complexity index is 831. The Morgan fingerprint density at radius 2 is 1.53 bits per heavy atom. The smallest absolute Gasteiger partial charge is 0.336 e. The Morgan fingerprint density at radius 1 is 1.00 bits per heavy atom. The standard InChI is InChI=1S/C17H28N2O4.C6H8O7/c1-5-19(6-2)9-10-22-16(20)15-11-13(18)7-8-14(15)17(21)23-12(3)4;7-3(8)1-6(13,5(11)12)2-4(9)10/h7-8,11-12,14-15H,5-6,9-10,18H2,1-4H3;13H,1-2H2,(H,7,8)(H,9,10)(H,11,12). The molecular weight excluding hydrogens is 480 g/mol. The van der Waals surface area contributed by atoms with Crippen molar-refractivity contribution >= 4 is 29.8 Å². The van der Waals surface area contributed by atoms with E-state index in [1.807, 2.05) is 0 Å². The number of carboxylic acids is 3. The maximum atomic E-state index is 12.3. The Morgan fingerprint density at radius 3 is 1.94 bits per heavy atom. The third-order valence-corrected chi connectivity index (χ3v) is 4.98. The first-order valence-electron chi connectivity index (χ1n) is 11.3. The summed E-state index contributed by atoms with van der Waals surface area (Å²) in [4.78, 5) is 57.1. The van der Waals surface area contributed by atoms with Crippen molar-refractivity contribution in [1.82, 2.24) is 4.90 Å². The van der Waals surface area contributed by atoms with Gasteiger partial charge in [0.1, 0.15) is 6.61 Å². The maximum Gasteiger partial charge on any atom is 0.336 e. The van der Waals surface area contributed by atoms with Crippen molar-refractivity contribution in [3.8, 4) is 0 Å². The highest BCUT2D eigenvalue weighted by molar-refractivity contribution is 5.88. The number of nitrogens with zero attached hydrogens (tertiary/aromatic N) is 1. The predicted molar refractivity (Wildman–Crippen MR) is 125 cm³/mol. The van der Waals surface area contributed by atoms with Gasteiger partial charge in [-0.15, -0.1) is 0 Å². The molecule has 13 nitrogen and oxygen atoms in total. The average Bonchev–Trinajstić information content (AvgIpc) is 2.75. The first kappa shape index (κ1) is 32.5. The Kier molecular flexibility index (Phi) is 14.0. The molecule has 6 N–H and O–H groups in total. The Labute approximate surface area is 209 Å². The first-order valence-corrected chi connectivity index (χ1v) is 11.3. The SMILES string of the molecule is CCN(CC)CCOC(=O)C1C=C(N)C=CC1C(=O)OC(C)C.O=C(O)CC(O)(CC(=O)O)C(=O)O. The molecule has 0 amide bonds. The van der Waals surface area contributed by atoms with Crippen molar-refractivity contribution < 1.29 is 53.9 Å². The summed E-state index contributed by atoms with van der Waals surface area (Å²) in [7, 11) is 0. The number of carbonyl (C=O) groups excluding carboxylic acids is 2. The average molecular weight is 517 g/mol. The van der Waals surface area contributed by atoms with Crippen LogP contribution in [0.25, 0.3) is 0 Å². The second-order valence-corrected chi connectivity index (χ2v) is 8.24. The number of ether oxygens (including phenoxy) is 2. The molecule has 0 aromatic heterocycles. The van der Waals surface area contributed by atoms with E-state index in [0.29, 0.717) is 18.8 Å². The number of aliphatic hydroxyl groups is 1. The lowest BCUT2D eigenvalue weighted by Crippen LogP contribution is -2.42. The molecule has 0 saturated heterocycles. The number of esters is 2. The molecule has 13 heteroatoms. The van der Waals surface area contributed by atoms with Gasteiger partial charge in [0.05, 0.1) is 30.8 Å². The van der Waals surface area contributed by atoms with Crippen molar-refractivity contribution in [3.05, 3.63) is 23.9 Å². The summed E-state index contributed by atoms with van der Waals surface area (Å²) < 4.78 is 10.5. The van der Waals surface area contributed by atoms with Crippen molar-refractivity contribution in [1.29, 1.82) is 0 Å². The largest absolute Gasteiger partial charge is 0.481 e. The summed E-state index contributed by atoms with van der Waals surface area (Å²) in [6.45, 7) is 10.4. The highest BCUT2D eigenvalue weighted by Crippen LogP contribution is 2.25. The molecule has 0 radical (unpaired) electrons. The highest BCUT2D eigenvalue weighted by Gasteiger charge is 2.40. The van der Waals surface area contributed by atoms with Crippen LogP contribution in [-0.2, 0) is 33.4 Å². The topological polar surface area (TPSA) is 214 Å². The number of allylic oxidation sites excluding steroid dienone is 1. The quantitative estimate of drug-likeness (QED) is 0.207. The van der Waals surface area contributed by atoms with Crippen LogP contribution >= 0.6 is 0 Å². The molecule has 1 rings (SSSR count). The molecule has 1 aliphatic carbocycles. The fraction of sp³-hybridized carbons (Fsp3) is 0.609. The zero-order chi connectivity index (χ0) is 28.1. The van der Waals surface area contributed by atoms with E-state index in [1.54, 1.807) is 32.1 Å². The molecule has 0 bridgehead atoms. The monoisotopic (exact) mass is 516 g/mol. The lowest BCUT2D eigenvalue weighted by atomic mass is 9.87. The van der Waals surface area contributed by atoms with Crippen LogP contribution in [-0.4, -0.2) is 93.1 Å². The number of carbonyl (C=O) groups is 5. The van der Waals surface area contributed by atoms with Gasteiger partial charge in [-0.3, -0.25) is 19.2 Å². The van der Waals surface area contributed by atoms with Crippen molar-refractivity contribution in [3.63, 3.8) is 0 Å². The van der Waals surface area contributed by atoms with Gasteiger partial charge in [-0.05, 0) is 39.1 Å². The fourth-order valence-corrected chi connectivity index (χ4v) is 3.08. The van der Waals surface area contributed by atoms with Gasteiger partial charge in [0.2, 0.25) is 0 Å². The molecule has 0 aromatic carbocycles. The molecule has 204 valence electrons. The minimum Gasteiger partial charge on any atom is -0.481 e. The van der Waals surface area contributed by atoms with Gasteiger partial charge in [-0.25, -0.2) is 4.79 Å². The molecule has 2 unspecified atom stereocenters. The number of aliphatic carboxylic acids is 3. The third kappa shape index (κ3) is 11.8. The molecule has 0 saturated carbocycles. The van der Waals surface area contributed by atoms with Gasteiger partial charge in [-0.1, -0.05) is 19.9 Å². The summed E-state index contributed by atoms with van der Waals surface area (Å²) in [5.74, 6) is -7.33. The van der Waals surface area contributed by atoms with Crippen LogP contribution in [0, 0.1) is 11.8 Å². The van der Waals surface area contributed by atoms with Crippen LogP contribution in [0.15, 0.2) is 23.9 Å². The van der Waals surface area contributed by atoms with E-state index in [-0.39, 0.29) is 6.10 Å². The van der Waals surface area contributed by atoms with Crippen LogP contribution in [0.2, 0.25) is 0 Å². The van der Waals surface area contributed by atoms with Gasteiger partial charge >= 0.3 is 29.8 Å². The number of rotatable bonds is 13. The summed E-state index contributed by atoms with van der Waals surface area (Å²) in [6, 6.07) is 0. The van der Waals surface area contributed by atoms with E-state index in [9.17, 15) is 24.0 Å². The molecule has 2 atom stereocenters. The van der Waals surface area contributed by atoms with Crippen LogP contribution in [0.5, 0.6) is 0 Å². The number of carboxylic acid groups (broad SMARTS) is 3. The van der Waals surface area contributed by atoms with Gasteiger partial charge in [-0.2, -0.15) is 0 Å². The summed E-state index contributed by atoms with van der Waals surface area (Å²) in [5.41, 5.74) is 3.46. The van der Waals surface area contributed by atoms with Crippen LogP contribution in [0.1, 0.15) is 40.5 Å². The lowest BCUT2D eigenvalue weighted by Gasteiger charge is -2.24. The minimum atomic E-state index is -2.74. The molecule has 1 aliphatic rings. The Balaban J connectivity index is 0.000000802. The van der Waals surface area contributed by atoms with E-state index >= 15 is 0 Å².